The highest BCUT2D eigenvalue weighted by Gasteiger charge is 2.11. The SMILES string of the molecule is O=C(OCCNC(=O)c1cccnc1Cl)c1ccc(F)cc1. The molecule has 0 aliphatic heterocycles. The number of carbonyl (C=O) groups excluding carboxylic acids is 2. The highest BCUT2D eigenvalue weighted by molar-refractivity contribution is 6.32. The Bertz CT molecular complexity index is 677. The van der Waals surface area contributed by atoms with Crippen molar-refractivity contribution in [3.8, 4) is 0 Å². The molecule has 0 unspecified atom stereocenters. The maximum Gasteiger partial charge on any atom is 0.338 e. The van der Waals surface area contributed by atoms with Crippen LogP contribution in [-0.2, 0) is 4.74 Å². The molecule has 7 heteroatoms. The van der Waals surface area contributed by atoms with E-state index < -0.39 is 17.7 Å². The Morgan fingerprint density at radius 2 is 1.95 bits per heavy atom. The van der Waals surface area contributed by atoms with Gasteiger partial charge in [-0.1, -0.05) is 11.6 Å². The lowest BCUT2D eigenvalue weighted by Crippen LogP contribution is -2.28. The molecule has 2 rings (SSSR count). The lowest BCUT2D eigenvalue weighted by atomic mass is 10.2. The van der Waals surface area contributed by atoms with Crippen molar-refractivity contribution in [3.63, 3.8) is 0 Å². The minimum absolute atomic E-state index is 0.0141. The molecule has 1 aromatic heterocycles. The highest BCUT2D eigenvalue weighted by Crippen LogP contribution is 2.10. The summed E-state index contributed by atoms with van der Waals surface area (Å²) in [7, 11) is 0. The fourth-order valence-electron chi connectivity index (χ4n) is 1.63. The van der Waals surface area contributed by atoms with Gasteiger partial charge < -0.3 is 10.1 Å². The van der Waals surface area contributed by atoms with Gasteiger partial charge in [0.05, 0.1) is 17.7 Å². The Hall–Kier alpha value is -2.47. The van der Waals surface area contributed by atoms with Crippen molar-refractivity contribution in [2.45, 2.75) is 0 Å². The van der Waals surface area contributed by atoms with Gasteiger partial charge in [0.2, 0.25) is 0 Å². The second-order valence-electron chi connectivity index (χ2n) is 4.24. The number of aromatic nitrogens is 1. The van der Waals surface area contributed by atoms with E-state index in [1.807, 2.05) is 0 Å². The zero-order chi connectivity index (χ0) is 15.9. The second kappa shape index (κ2) is 7.51. The summed E-state index contributed by atoms with van der Waals surface area (Å²) < 4.78 is 17.7. The molecule has 0 atom stereocenters. The molecule has 0 aliphatic carbocycles. The molecule has 0 spiro atoms. The van der Waals surface area contributed by atoms with Crippen LogP contribution in [0.5, 0.6) is 0 Å². The predicted molar refractivity (Wildman–Crippen MR) is 78.3 cm³/mol. The molecular formula is C15H12ClFN2O3. The normalized spacial score (nSPS) is 10.1. The standard InChI is InChI=1S/C15H12ClFN2O3/c16-13-12(2-1-7-18-13)14(20)19-8-9-22-15(21)10-3-5-11(17)6-4-10/h1-7H,8-9H2,(H,19,20). The van der Waals surface area contributed by atoms with Crippen LogP contribution in [0.3, 0.4) is 0 Å². The maximum atomic E-state index is 12.7. The van der Waals surface area contributed by atoms with Gasteiger partial charge in [-0.2, -0.15) is 0 Å². The molecular weight excluding hydrogens is 311 g/mol. The van der Waals surface area contributed by atoms with Crippen LogP contribution >= 0.6 is 11.6 Å². The molecule has 114 valence electrons. The molecule has 0 aliphatic rings. The first-order valence-corrected chi connectivity index (χ1v) is 6.77. The van der Waals surface area contributed by atoms with Gasteiger partial charge >= 0.3 is 5.97 Å². The van der Waals surface area contributed by atoms with Crippen LogP contribution in [0.25, 0.3) is 0 Å². The van der Waals surface area contributed by atoms with Gasteiger partial charge in [-0.25, -0.2) is 14.2 Å². The van der Waals surface area contributed by atoms with Gasteiger partial charge in [0, 0.05) is 6.20 Å². The molecule has 5 nitrogen and oxygen atoms in total. The monoisotopic (exact) mass is 322 g/mol. The van der Waals surface area contributed by atoms with E-state index in [0.717, 1.165) is 0 Å². The van der Waals surface area contributed by atoms with Gasteiger partial charge in [-0.15, -0.1) is 0 Å². The summed E-state index contributed by atoms with van der Waals surface area (Å²) in [6.07, 6.45) is 1.48. The molecule has 22 heavy (non-hydrogen) atoms. The van der Waals surface area contributed by atoms with Gasteiger partial charge in [-0.05, 0) is 36.4 Å². The minimum Gasteiger partial charge on any atom is -0.460 e. The summed E-state index contributed by atoms with van der Waals surface area (Å²) in [5.41, 5.74) is 0.483. The van der Waals surface area contributed by atoms with Crippen LogP contribution in [0.2, 0.25) is 5.15 Å². The summed E-state index contributed by atoms with van der Waals surface area (Å²) in [5.74, 6) is -1.43. The number of nitrogens with zero attached hydrogens (tertiary/aromatic N) is 1. The van der Waals surface area contributed by atoms with Crippen molar-refractivity contribution in [1.82, 2.24) is 10.3 Å². The lowest BCUT2D eigenvalue weighted by molar-refractivity contribution is 0.0503. The van der Waals surface area contributed by atoms with E-state index in [1.54, 1.807) is 6.07 Å². The average Bonchev–Trinajstić information content (AvgIpc) is 2.52. The fraction of sp³-hybridized carbons (Fsp3) is 0.133. The smallest absolute Gasteiger partial charge is 0.338 e. The van der Waals surface area contributed by atoms with Crippen molar-refractivity contribution < 1.29 is 18.7 Å². The third kappa shape index (κ3) is 4.26. The molecule has 0 saturated carbocycles. The number of esters is 1. The molecule has 1 N–H and O–H groups in total. The second-order valence-corrected chi connectivity index (χ2v) is 4.60. The van der Waals surface area contributed by atoms with E-state index in [-0.39, 0.29) is 29.4 Å². The van der Waals surface area contributed by atoms with Gasteiger partial charge in [0.15, 0.2) is 0 Å². The van der Waals surface area contributed by atoms with Gasteiger partial charge in [0.1, 0.15) is 17.6 Å². The van der Waals surface area contributed by atoms with Crippen LogP contribution in [-0.4, -0.2) is 30.0 Å². The van der Waals surface area contributed by atoms with Gasteiger partial charge in [0.25, 0.3) is 5.91 Å². The van der Waals surface area contributed by atoms with E-state index in [1.165, 1.54) is 36.5 Å². The molecule has 0 fully saturated rings. The lowest BCUT2D eigenvalue weighted by Gasteiger charge is -2.07. The number of hydrogen-bond donors (Lipinski definition) is 1. The van der Waals surface area contributed by atoms with Crippen molar-refractivity contribution in [1.29, 1.82) is 0 Å². The van der Waals surface area contributed by atoms with Crippen LogP contribution in [0, 0.1) is 5.82 Å². The molecule has 1 aromatic carbocycles. The van der Waals surface area contributed by atoms with Crippen LogP contribution in [0.15, 0.2) is 42.6 Å². The molecule has 2 aromatic rings. The number of rotatable bonds is 5. The number of pyridine rings is 1. The number of halogens is 2. The van der Waals surface area contributed by atoms with E-state index >= 15 is 0 Å². The van der Waals surface area contributed by atoms with Crippen molar-refractivity contribution in [3.05, 3.63) is 64.7 Å². The van der Waals surface area contributed by atoms with Crippen LogP contribution < -0.4 is 5.32 Å². The van der Waals surface area contributed by atoms with Crippen LogP contribution in [0.4, 0.5) is 4.39 Å². The number of benzene rings is 1. The van der Waals surface area contributed by atoms with Crippen LogP contribution in [0.1, 0.15) is 20.7 Å². The molecule has 1 amide bonds. The number of carbonyl (C=O) groups is 2. The largest absolute Gasteiger partial charge is 0.460 e. The summed E-state index contributed by atoms with van der Waals surface area (Å²) in [6.45, 7) is 0.108. The molecule has 0 radical (unpaired) electrons. The Balaban J connectivity index is 1.77. The zero-order valence-electron chi connectivity index (χ0n) is 11.4. The predicted octanol–water partition coefficient (Wildman–Crippen LogP) is 2.46. The molecule has 0 bridgehead atoms. The molecule has 0 saturated heterocycles. The third-order valence-electron chi connectivity index (χ3n) is 2.70. The van der Waals surface area contributed by atoms with E-state index in [2.05, 4.69) is 10.3 Å². The first-order chi connectivity index (χ1) is 10.6. The Labute approximate surface area is 131 Å². The number of amides is 1. The Kier molecular flexibility index (Phi) is 5.43. The number of hydrogen-bond acceptors (Lipinski definition) is 4. The van der Waals surface area contributed by atoms with Crippen molar-refractivity contribution in [2.24, 2.45) is 0 Å². The minimum atomic E-state index is -0.589. The zero-order valence-corrected chi connectivity index (χ0v) is 12.1. The first-order valence-electron chi connectivity index (χ1n) is 6.39. The van der Waals surface area contributed by atoms with Crippen molar-refractivity contribution in [2.75, 3.05) is 13.2 Å². The number of nitrogens with one attached hydrogen (secondary N) is 1. The number of ether oxygens (including phenoxy) is 1. The molecule has 1 heterocycles. The maximum absolute atomic E-state index is 12.7. The Morgan fingerprint density at radius 3 is 2.64 bits per heavy atom. The van der Waals surface area contributed by atoms with Gasteiger partial charge in [-0.3, -0.25) is 4.79 Å². The first kappa shape index (κ1) is 15.9. The topological polar surface area (TPSA) is 68.3 Å². The van der Waals surface area contributed by atoms with E-state index in [9.17, 15) is 14.0 Å². The third-order valence-corrected chi connectivity index (χ3v) is 3.01. The van der Waals surface area contributed by atoms with E-state index in [0.29, 0.717) is 0 Å². The summed E-state index contributed by atoms with van der Waals surface area (Å²) in [5, 5.41) is 2.66. The summed E-state index contributed by atoms with van der Waals surface area (Å²) in [6, 6.07) is 8.12. The van der Waals surface area contributed by atoms with Crippen molar-refractivity contribution >= 4 is 23.5 Å². The van der Waals surface area contributed by atoms with E-state index in [4.69, 9.17) is 16.3 Å². The highest BCUT2D eigenvalue weighted by atomic mass is 35.5. The average molecular weight is 323 g/mol. The fourth-order valence-corrected chi connectivity index (χ4v) is 1.83. The summed E-state index contributed by atoms with van der Waals surface area (Å²) in [4.78, 5) is 27.2. The quantitative estimate of drug-likeness (QED) is 0.521. The summed E-state index contributed by atoms with van der Waals surface area (Å²) >= 11 is 5.79. The Morgan fingerprint density at radius 1 is 1.23 bits per heavy atom.